The molecule has 2 aliphatic rings. The predicted molar refractivity (Wildman–Crippen MR) is 99.4 cm³/mol. The Morgan fingerprint density at radius 3 is 2.72 bits per heavy atom. The minimum absolute atomic E-state index is 0.0909. The van der Waals surface area contributed by atoms with Crippen molar-refractivity contribution in [1.82, 2.24) is 24.7 Å². The van der Waals surface area contributed by atoms with Gasteiger partial charge in [0.2, 0.25) is 0 Å². The molecule has 6 heteroatoms. The Bertz CT molecular complexity index is 510. The Hall–Kier alpha value is -1.56. The number of nitrogens with one attached hydrogen (secondary N) is 1. The maximum atomic E-state index is 12.6. The number of hydrogen-bond acceptors (Lipinski definition) is 3. The van der Waals surface area contributed by atoms with Crippen molar-refractivity contribution < 1.29 is 4.79 Å². The second-order valence-corrected chi connectivity index (χ2v) is 7.78. The standard InChI is InChI=1S/C19H33N5O/c1-17(13-23-12-8-20-16-23)21-19(25)24-11-6-7-18(15-24)14-22-9-4-2-3-5-10-22/h8,12,16-18H,2-7,9-11,13-15H2,1H3,(H,21,25)/t17-,18-/m0/s1. The van der Waals surface area contributed by atoms with Crippen molar-refractivity contribution in [1.29, 1.82) is 0 Å². The maximum absolute atomic E-state index is 12.6. The highest BCUT2D eigenvalue weighted by Gasteiger charge is 2.26. The zero-order valence-electron chi connectivity index (χ0n) is 15.6. The van der Waals surface area contributed by atoms with Crippen molar-refractivity contribution >= 4 is 6.03 Å². The molecule has 1 aromatic rings. The van der Waals surface area contributed by atoms with Gasteiger partial charge in [0.1, 0.15) is 0 Å². The second-order valence-electron chi connectivity index (χ2n) is 7.78. The number of imidazole rings is 1. The van der Waals surface area contributed by atoms with Crippen molar-refractivity contribution in [2.45, 2.75) is 58.0 Å². The van der Waals surface area contributed by atoms with E-state index in [2.05, 4.69) is 22.1 Å². The second kappa shape index (κ2) is 9.22. The van der Waals surface area contributed by atoms with E-state index >= 15 is 0 Å². The van der Waals surface area contributed by atoms with Crippen LogP contribution in [0.25, 0.3) is 0 Å². The van der Waals surface area contributed by atoms with Crippen LogP contribution in [-0.4, -0.2) is 64.1 Å². The number of rotatable bonds is 5. The van der Waals surface area contributed by atoms with Gasteiger partial charge in [0.05, 0.1) is 6.33 Å². The summed E-state index contributed by atoms with van der Waals surface area (Å²) < 4.78 is 2.00. The van der Waals surface area contributed by atoms with Gasteiger partial charge < -0.3 is 19.7 Å². The predicted octanol–water partition coefficient (Wildman–Crippen LogP) is 2.57. The molecule has 2 fully saturated rings. The van der Waals surface area contributed by atoms with Gasteiger partial charge in [-0.2, -0.15) is 0 Å². The van der Waals surface area contributed by atoms with E-state index in [0.29, 0.717) is 5.92 Å². The van der Waals surface area contributed by atoms with Gasteiger partial charge in [-0.3, -0.25) is 0 Å². The smallest absolute Gasteiger partial charge is 0.317 e. The highest BCUT2D eigenvalue weighted by Crippen LogP contribution is 2.20. The summed E-state index contributed by atoms with van der Waals surface area (Å²) in [6.45, 7) is 8.25. The first kappa shape index (κ1) is 18.2. The number of piperidine rings is 1. The summed E-state index contributed by atoms with van der Waals surface area (Å²) in [5.74, 6) is 0.626. The van der Waals surface area contributed by atoms with Crippen LogP contribution in [-0.2, 0) is 6.54 Å². The van der Waals surface area contributed by atoms with Gasteiger partial charge in [0.25, 0.3) is 0 Å². The molecule has 0 bridgehead atoms. The zero-order chi connectivity index (χ0) is 17.5. The first-order valence-corrected chi connectivity index (χ1v) is 9.94. The molecule has 0 radical (unpaired) electrons. The maximum Gasteiger partial charge on any atom is 0.317 e. The lowest BCUT2D eigenvalue weighted by Crippen LogP contribution is -2.50. The number of carbonyl (C=O) groups is 1. The van der Waals surface area contributed by atoms with Crippen LogP contribution in [0.1, 0.15) is 45.4 Å². The van der Waals surface area contributed by atoms with Gasteiger partial charge in [-0.25, -0.2) is 9.78 Å². The Labute approximate surface area is 151 Å². The fraction of sp³-hybridized carbons (Fsp3) is 0.789. The normalized spacial score (nSPS) is 23.9. The number of aromatic nitrogens is 2. The van der Waals surface area contributed by atoms with Crippen LogP contribution >= 0.6 is 0 Å². The molecule has 0 aromatic carbocycles. The summed E-state index contributed by atoms with van der Waals surface area (Å²) in [4.78, 5) is 21.3. The molecule has 25 heavy (non-hydrogen) atoms. The van der Waals surface area contributed by atoms with Gasteiger partial charge in [-0.05, 0) is 51.6 Å². The van der Waals surface area contributed by atoms with Gasteiger partial charge >= 0.3 is 6.03 Å². The molecule has 2 saturated heterocycles. The van der Waals surface area contributed by atoms with E-state index < -0.39 is 0 Å². The van der Waals surface area contributed by atoms with Crippen molar-refractivity contribution in [2.24, 2.45) is 5.92 Å². The lowest BCUT2D eigenvalue weighted by molar-refractivity contribution is 0.138. The fourth-order valence-electron chi connectivity index (χ4n) is 4.14. The summed E-state index contributed by atoms with van der Waals surface area (Å²) in [5.41, 5.74) is 0. The number of carbonyl (C=O) groups excluding carboxylic acids is 1. The van der Waals surface area contributed by atoms with E-state index in [1.807, 2.05) is 15.7 Å². The van der Waals surface area contributed by atoms with Gasteiger partial charge in [-0.15, -0.1) is 0 Å². The Morgan fingerprint density at radius 2 is 2.00 bits per heavy atom. The minimum Gasteiger partial charge on any atom is -0.335 e. The molecule has 3 rings (SSSR count). The number of amides is 2. The molecule has 6 nitrogen and oxygen atoms in total. The van der Waals surface area contributed by atoms with Crippen molar-refractivity contribution in [2.75, 3.05) is 32.7 Å². The van der Waals surface area contributed by atoms with Crippen LogP contribution < -0.4 is 5.32 Å². The van der Waals surface area contributed by atoms with Crippen molar-refractivity contribution in [3.8, 4) is 0 Å². The highest BCUT2D eigenvalue weighted by molar-refractivity contribution is 5.74. The molecule has 1 aromatic heterocycles. The molecule has 2 amide bonds. The summed E-state index contributed by atoms with van der Waals surface area (Å²) in [6, 6.07) is 0.195. The quantitative estimate of drug-likeness (QED) is 0.891. The molecule has 2 aliphatic heterocycles. The van der Waals surface area contributed by atoms with Crippen LogP contribution in [0.15, 0.2) is 18.7 Å². The average Bonchev–Trinajstić information content (AvgIpc) is 2.97. The van der Waals surface area contributed by atoms with Crippen LogP contribution in [0.3, 0.4) is 0 Å². The molecule has 1 N–H and O–H groups in total. The summed E-state index contributed by atoms with van der Waals surface area (Å²) in [7, 11) is 0. The van der Waals surface area contributed by atoms with Crippen LogP contribution in [0.2, 0.25) is 0 Å². The Morgan fingerprint density at radius 1 is 1.20 bits per heavy atom. The third kappa shape index (κ3) is 5.73. The molecule has 0 unspecified atom stereocenters. The van der Waals surface area contributed by atoms with E-state index in [0.717, 1.165) is 32.6 Å². The highest BCUT2D eigenvalue weighted by atomic mass is 16.2. The molecule has 3 heterocycles. The SMILES string of the molecule is C[C@@H](Cn1ccnc1)NC(=O)N1CCC[C@@H](CN2CCCCCC2)C1. The molecule has 140 valence electrons. The number of likely N-dealkylation sites (tertiary alicyclic amines) is 2. The van der Waals surface area contributed by atoms with Gasteiger partial charge in [0.15, 0.2) is 0 Å². The van der Waals surface area contributed by atoms with E-state index in [9.17, 15) is 4.79 Å². The fourth-order valence-corrected chi connectivity index (χ4v) is 4.14. The minimum atomic E-state index is 0.0909. The summed E-state index contributed by atoms with van der Waals surface area (Å²) in [6.07, 6.45) is 13.3. The van der Waals surface area contributed by atoms with Crippen LogP contribution in [0, 0.1) is 5.92 Å². The largest absolute Gasteiger partial charge is 0.335 e. The number of nitrogens with zero attached hydrogens (tertiary/aromatic N) is 4. The lowest BCUT2D eigenvalue weighted by atomic mass is 9.97. The van der Waals surface area contributed by atoms with E-state index in [4.69, 9.17) is 0 Å². The monoisotopic (exact) mass is 347 g/mol. The van der Waals surface area contributed by atoms with Crippen molar-refractivity contribution in [3.63, 3.8) is 0 Å². The van der Waals surface area contributed by atoms with E-state index in [1.165, 1.54) is 45.2 Å². The first-order valence-electron chi connectivity index (χ1n) is 9.94. The molecular formula is C19H33N5O. The Kier molecular flexibility index (Phi) is 6.73. The topological polar surface area (TPSA) is 53.4 Å². The van der Waals surface area contributed by atoms with Crippen molar-refractivity contribution in [3.05, 3.63) is 18.7 Å². The molecule has 2 atom stereocenters. The number of hydrogen-bond donors (Lipinski definition) is 1. The third-order valence-corrected chi connectivity index (χ3v) is 5.44. The molecule has 0 aliphatic carbocycles. The molecule has 0 saturated carbocycles. The lowest BCUT2D eigenvalue weighted by Gasteiger charge is -2.36. The molecular weight excluding hydrogens is 314 g/mol. The summed E-state index contributed by atoms with van der Waals surface area (Å²) in [5, 5.41) is 3.15. The van der Waals surface area contributed by atoms with E-state index in [-0.39, 0.29) is 12.1 Å². The van der Waals surface area contributed by atoms with Crippen LogP contribution in [0.4, 0.5) is 4.79 Å². The first-order chi connectivity index (χ1) is 12.2. The number of urea groups is 1. The third-order valence-electron chi connectivity index (χ3n) is 5.44. The van der Waals surface area contributed by atoms with Gasteiger partial charge in [-0.1, -0.05) is 12.8 Å². The molecule has 0 spiro atoms. The van der Waals surface area contributed by atoms with Gasteiger partial charge in [0, 0.05) is 44.6 Å². The zero-order valence-corrected chi connectivity index (χ0v) is 15.6. The average molecular weight is 348 g/mol. The van der Waals surface area contributed by atoms with E-state index in [1.54, 1.807) is 12.5 Å². The Balaban J connectivity index is 1.44. The summed E-state index contributed by atoms with van der Waals surface area (Å²) >= 11 is 0. The van der Waals surface area contributed by atoms with Crippen LogP contribution in [0.5, 0.6) is 0 Å².